The summed E-state index contributed by atoms with van der Waals surface area (Å²) in [4.78, 5) is 12.9. The van der Waals surface area contributed by atoms with Crippen LogP contribution in [0, 0.1) is 5.92 Å². The first kappa shape index (κ1) is 22.2. The largest absolute Gasteiger partial charge is 0.394 e. The third-order valence-electron chi connectivity index (χ3n) is 7.89. The fourth-order valence-corrected chi connectivity index (χ4v) is 6.29. The van der Waals surface area contributed by atoms with Crippen molar-refractivity contribution in [2.24, 2.45) is 15.9 Å². The Morgan fingerprint density at radius 1 is 1.00 bits per heavy atom. The number of hydrogen-bond acceptors (Lipinski definition) is 4. The van der Waals surface area contributed by atoms with Gasteiger partial charge in [0.25, 0.3) is 0 Å². The lowest BCUT2D eigenvalue weighted by molar-refractivity contribution is 0.0687. The standard InChI is InChI=1S/C31H33N3O/c1-30(2,21-35)32-24-16-17-27-29(19-24)34-28(23-13-7-4-8-14-23)20-25(22-11-5-3-6-12-22)26-15-9-10-18-31(26,34)33-27/h3-8,11-14,16-17,19-20,25-26,35H,9-10,15,18,21H2,1-2H3/t25-,26+,31-/m0/s1. The quantitative estimate of drug-likeness (QED) is 0.554. The highest BCUT2D eigenvalue weighted by Gasteiger charge is 2.56. The predicted octanol–water partition coefficient (Wildman–Crippen LogP) is 6.13. The van der Waals surface area contributed by atoms with E-state index >= 15 is 0 Å². The van der Waals surface area contributed by atoms with Gasteiger partial charge in [-0.1, -0.05) is 73.2 Å². The molecule has 1 fully saturated rings. The minimum Gasteiger partial charge on any atom is -0.394 e. The fraction of sp³-hybridized carbons (Fsp3) is 0.355. The molecule has 178 valence electrons. The SMILES string of the molecule is CC(C)(CO)N=C1C=CC2=N[C@]34CCCC[C@@H]3[C@H](c3ccccc3)C=C(c3ccccc3)N4C2=C1. The minimum absolute atomic E-state index is 0.0120. The van der Waals surface area contributed by atoms with Crippen molar-refractivity contribution in [3.05, 3.63) is 102 Å². The summed E-state index contributed by atoms with van der Waals surface area (Å²) >= 11 is 0. The zero-order chi connectivity index (χ0) is 24.0. The van der Waals surface area contributed by atoms with Crippen molar-refractivity contribution in [2.45, 2.75) is 56.7 Å². The molecule has 3 atom stereocenters. The van der Waals surface area contributed by atoms with Crippen LogP contribution in [0.15, 0.2) is 101 Å². The molecule has 2 heterocycles. The number of fused-ring (bicyclic) bond motifs is 2. The zero-order valence-corrected chi connectivity index (χ0v) is 20.6. The molecule has 0 bridgehead atoms. The van der Waals surface area contributed by atoms with Crippen LogP contribution in [-0.2, 0) is 0 Å². The van der Waals surface area contributed by atoms with Crippen molar-refractivity contribution < 1.29 is 5.11 Å². The molecule has 1 N–H and O–H groups in total. The number of aliphatic imine (C=N–C) groups is 2. The number of nitrogens with zero attached hydrogens (tertiary/aromatic N) is 3. The van der Waals surface area contributed by atoms with E-state index < -0.39 is 5.54 Å². The highest BCUT2D eigenvalue weighted by molar-refractivity contribution is 6.22. The van der Waals surface area contributed by atoms with Crippen LogP contribution in [0.2, 0.25) is 0 Å². The molecule has 2 aliphatic heterocycles. The summed E-state index contributed by atoms with van der Waals surface area (Å²) in [7, 11) is 0. The Morgan fingerprint density at radius 3 is 2.49 bits per heavy atom. The normalized spacial score (nSPS) is 28.6. The monoisotopic (exact) mass is 463 g/mol. The van der Waals surface area contributed by atoms with Crippen LogP contribution in [-0.4, -0.2) is 39.2 Å². The molecule has 2 aromatic rings. The number of benzene rings is 2. The third kappa shape index (κ3) is 3.71. The third-order valence-corrected chi connectivity index (χ3v) is 7.89. The molecule has 35 heavy (non-hydrogen) atoms. The van der Waals surface area contributed by atoms with Gasteiger partial charge in [-0.3, -0.25) is 9.98 Å². The average Bonchev–Trinajstić information content (AvgIpc) is 3.21. The lowest BCUT2D eigenvalue weighted by Gasteiger charge is -2.53. The molecule has 0 aromatic heterocycles. The number of aliphatic hydroxyl groups excluding tert-OH is 1. The molecular weight excluding hydrogens is 430 g/mol. The topological polar surface area (TPSA) is 48.2 Å². The maximum atomic E-state index is 9.79. The van der Waals surface area contributed by atoms with Crippen LogP contribution in [0.25, 0.3) is 5.70 Å². The molecule has 4 nitrogen and oxygen atoms in total. The Hall–Kier alpha value is -3.24. The Labute approximate surface area is 208 Å². The second kappa shape index (κ2) is 8.46. The van der Waals surface area contributed by atoms with E-state index in [0.717, 1.165) is 23.5 Å². The Kier molecular flexibility index (Phi) is 5.37. The summed E-state index contributed by atoms with van der Waals surface area (Å²) in [6.45, 7) is 3.94. The molecule has 0 amide bonds. The predicted molar refractivity (Wildman–Crippen MR) is 143 cm³/mol. The molecule has 0 unspecified atom stereocenters. The smallest absolute Gasteiger partial charge is 0.140 e. The molecular formula is C31H33N3O. The van der Waals surface area contributed by atoms with Gasteiger partial charge in [0.1, 0.15) is 5.66 Å². The summed E-state index contributed by atoms with van der Waals surface area (Å²) < 4.78 is 0. The van der Waals surface area contributed by atoms with Gasteiger partial charge in [-0.05, 0) is 62.5 Å². The van der Waals surface area contributed by atoms with Gasteiger partial charge in [0, 0.05) is 17.5 Å². The molecule has 0 radical (unpaired) electrons. The summed E-state index contributed by atoms with van der Waals surface area (Å²) in [5.41, 5.74) is 6.09. The molecule has 4 aliphatic rings. The van der Waals surface area contributed by atoms with Gasteiger partial charge in [0.15, 0.2) is 0 Å². The van der Waals surface area contributed by atoms with E-state index in [4.69, 9.17) is 9.98 Å². The lowest BCUT2D eigenvalue weighted by Crippen LogP contribution is -2.54. The second-order valence-electron chi connectivity index (χ2n) is 10.8. The van der Waals surface area contributed by atoms with Crippen LogP contribution >= 0.6 is 0 Å². The summed E-state index contributed by atoms with van der Waals surface area (Å²) in [5, 5.41) is 9.79. The van der Waals surface area contributed by atoms with Crippen LogP contribution in [0.1, 0.15) is 56.6 Å². The minimum atomic E-state index is -0.520. The van der Waals surface area contributed by atoms with E-state index in [2.05, 4.69) is 83.8 Å². The fourth-order valence-electron chi connectivity index (χ4n) is 6.29. The van der Waals surface area contributed by atoms with Gasteiger partial charge in [0.05, 0.1) is 29.3 Å². The lowest BCUT2D eigenvalue weighted by atomic mass is 9.66. The van der Waals surface area contributed by atoms with Gasteiger partial charge in [-0.25, -0.2) is 0 Å². The van der Waals surface area contributed by atoms with Gasteiger partial charge in [0.2, 0.25) is 0 Å². The van der Waals surface area contributed by atoms with E-state index in [1.807, 2.05) is 19.9 Å². The molecule has 1 saturated carbocycles. The number of rotatable bonds is 4. The van der Waals surface area contributed by atoms with E-state index in [1.165, 1.54) is 36.1 Å². The van der Waals surface area contributed by atoms with Crippen molar-refractivity contribution in [2.75, 3.05) is 6.61 Å². The van der Waals surface area contributed by atoms with Gasteiger partial charge < -0.3 is 10.0 Å². The van der Waals surface area contributed by atoms with Gasteiger partial charge in [-0.2, -0.15) is 0 Å². The molecule has 6 rings (SSSR count). The van der Waals surface area contributed by atoms with Crippen LogP contribution in [0.5, 0.6) is 0 Å². The molecule has 2 aromatic carbocycles. The summed E-state index contributed by atoms with van der Waals surface area (Å²) in [5.74, 6) is 0.728. The average molecular weight is 464 g/mol. The molecule has 1 spiro atoms. The van der Waals surface area contributed by atoms with Gasteiger partial charge >= 0.3 is 0 Å². The van der Waals surface area contributed by atoms with E-state index in [-0.39, 0.29) is 12.3 Å². The molecule has 2 aliphatic carbocycles. The highest BCUT2D eigenvalue weighted by atomic mass is 16.3. The Bertz CT molecular complexity index is 1270. The first-order valence-corrected chi connectivity index (χ1v) is 12.8. The Morgan fingerprint density at radius 2 is 1.74 bits per heavy atom. The first-order chi connectivity index (χ1) is 17.0. The summed E-state index contributed by atoms with van der Waals surface area (Å²) in [6, 6.07) is 21.7. The molecule has 4 heteroatoms. The second-order valence-corrected chi connectivity index (χ2v) is 10.8. The molecule has 0 saturated heterocycles. The van der Waals surface area contributed by atoms with E-state index in [0.29, 0.717) is 11.8 Å². The maximum absolute atomic E-state index is 9.79. The van der Waals surface area contributed by atoms with Crippen molar-refractivity contribution in [3.63, 3.8) is 0 Å². The van der Waals surface area contributed by atoms with Crippen molar-refractivity contribution in [3.8, 4) is 0 Å². The highest BCUT2D eigenvalue weighted by Crippen LogP contribution is 2.57. The summed E-state index contributed by atoms with van der Waals surface area (Å²) in [6.07, 6.45) is 13.5. The first-order valence-electron chi connectivity index (χ1n) is 12.8. The number of allylic oxidation sites excluding steroid dienone is 4. The number of aliphatic hydroxyl groups is 1. The van der Waals surface area contributed by atoms with Crippen molar-refractivity contribution >= 4 is 17.1 Å². The zero-order valence-electron chi connectivity index (χ0n) is 20.6. The van der Waals surface area contributed by atoms with Gasteiger partial charge in [-0.15, -0.1) is 0 Å². The maximum Gasteiger partial charge on any atom is 0.140 e. The van der Waals surface area contributed by atoms with Crippen LogP contribution in [0.3, 0.4) is 0 Å². The van der Waals surface area contributed by atoms with E-state index in [1.54, 1.807) is 0 Å². The van der Waals surface area contributed by atoms with Crippen LogP contribution < -0.4 is 0 Å². The Balaban J connectivity index is 1.56. The van der Waals surface area contributed by atoms with Crippen LogP contribution in [0.4, 0.5) is 0 Å². The van der Waals surface area contributed by atoms with Crippen molar-refractivity contribution in [1.29, 1.82) is 0 Å². The number of hydrogen-bond donors (Lipinski definition) is 1. The van der Waals surface area contributed by atoms with E-state index in [9.17, 15) is 5.11 Å². The van der Waals surface area contributed by atoms with Crippen molar-refractivity contribution in [1.82, 2.24) is 4.90 Å².